The molecule has 0 radical (unpaired) electrons. The van der Waals surface area contributed by atoms with Crippen LogP contribution in [0.2, 0.25) is 0 Å². The molecule has 132 valence electrons. The Morgan fingerprint density at radius 1 is 1.12 bits per heavy atom. The first-order chi connectivity index (χ1) is 11.9. The molecule has 1 N–H and O–H groups in total. The van der Waals surface area contributed by atoms with Gasteiger partial charge in [0.15, 0.2) is 0 Å². The molecule has 1 saturated heterocycles. The van der Waals surface area contributed by atoms with E-state index < -0.39 is 10.0 Å². The summed E-state index contributed by atoms with van der Waals surface area (Å²) >= 11 is 0. The Kier molecular flexibility index (Phi) is 4.92. The van der Waals surface area contributed by atoms with Crippen LogP contribution < -0.4 is 9.62 Å². The van der Waals surface area contributed by atoms with Crippen LogP contribution in [0.4, 0.5) is 5.69 Å². The molecule has 3 rings (SSSR count). The maximum atomic E-state index is 12.6. The van der Waals surface area contributed by atoms with Gasteiger partial charge < -0.3 is 4.90 Å². The second-order valence-electron chi connectivity index (χ2n) is 6.53. The summed E-state index contributed by atoms with van der Waals surface area (Å²) < 4.78 is 27.8. The molecule has 0 aromatic heterocycles. The summed E-state index contributed by atoms with van der Waals surface area (Å²) in [5.41, 5.74) is 2.47. The van der Waals surface area contributed by atoms with E-state index in [-0.39, 0.29) is 18.4 Å². The van der Waals surface area contributed by atoms with Crippen LogP contribution in [-0.2, 0) is 14.8 Å². The van der Waals surface area contributed by atoms with Crippen molar-refractivity contribution in [2.45, 2.75) is 25.2 Å². The van der Waals surface area contributed by atoms with Gasteiger partial charge in [-0.3, -0.25) is 4.79 Å². The number of carbonyl (C=O) groups excluding carboxylic acids is 1. The Labute approximate surface area is 148 Å². The zero-order valence-corrected chi connectivity index (χ0v) is 15.2. The van der Waals surface area contributed by atoms with Crippen LogP contribution in [0.25, 0.3) is 0 Å². The number of anilines is 1. The fourth-order valence-corrected chi connectivity index (χ4v) is 4.52. The zero-order valence-electron chi connectivity index (χ0n) is 14.4. The number of nitrogens with one attached hydrogen (secondary N) is 1. The third-order valence-electron chi connectivity index (χ3n) is 4.47. The molecule has 0 bridgehead atoms. The van der Waals surface area contributed by atoms with Gasteiger partial charge in [0, 0.05) is 25.2 Å². The highest BCUT2D eigenvalue weighted by molar-refractivity contribution is 7.89. The van der Waals surface area contributed by atoms with E-state index in [4.69, 9.17) is 0 Å². The molecule has 0 saturated carbocycles. The van der Waals surface area contributed by atoms with E-state index in [2.05, 4.69) is 4.72 Å². The number of sulfonamides is 1. The SMILES string of the molecule is Cc1ccc(C)c(S(=O)(=O)NC[C@H]2CC(=O)N(c3ccccc3)C2)c1. The largest absolute Gasteiger partial charge is 0.312 e. The molecule has 2 aromatic rings. The average Bonchev–Trinajstić information content (AvgIpc) is 2.97. The molecule has 1 aliphatic heterocycles. The van der Waals surface area contributed by atoms with Crippen molar-refractivity contribution in [2.75, 3.05) is 18.0 Å². The lowest BCUT2D eigenvalue weighted by Gasteiger charge is -2.17. The van der Waals surface area contributed by atoms with Gasteiger partial charge >= 0.3 is 0 Å². The standard InChI is InChI=1S/C19H22N2O3S/c1-14-8-9-15(2)18(10-14)25(23,24)20-12-16-11-19(22)21(13-16)17-6-4-3-5-7-17/h3-10,16,20H,11-13H2,1-2H3/t16-/m1/s1. The predicted octanol–water partition coefficient (Wildman–Crippen LogP) is 2.63. The van der Waals surface area contributed by atoms with E-state index >= 15 is 0 Å². The molecular weight excluding hydrogens is 336 g/mol. The Morgan fingerprint density at radius 3 is 2.56 bits per heavy atom. The van der Waals surface area contributed by atoms with Crippen molar-refractivity contribution in [2.24, 2.45) is 5.92 Å². The van der Waals surface area contributed by atoms with Gasteiger partial charge in [0.25, 0.3) is 0 Å². The molecule has 1 heterocycles. The van der Waals surface area contributed by atoms with Crippen molar-refractivity contribution in [1.29, 1.82) is 0 Å². The van der Waals surface area contributed by atoms with Gasteiger partial charge in [0.1, 0.15) is 0 Å². The number of carbonyl (C=O) groups is 1. The summed E-state index contributed by atoms with van der Waals surface area (Å²) in [6, 6.07) is 14.8. The van der Waals surface area contributed by atoms with E-state index in [0.717, 1.165) is 11.3 Å². The first-order valence-corrected chi connectivity index (χ1v) is 9.77. The summed E-state index contributed by atoms with van der Waals surface area (Å²) in [7, 11) is -3.58. The number of amides is 1. The van der Waals surface area contributed by atoms with E-state index in [1.54, 1.807) is 24.0 Å². The Morgan fingerprint density at radius 2 is 1.84 bits per heavy atom. The summed E-state index contributed by atoms with van der Waals surface area (Å²) in [6.07, 6.45) is 0.351. The third-order valence-corrected chi connectivity index (χ3v) is 6.03. The van der Waals surface area contributed by atoms with Crippen LogP contribution in [0.3, 0.4) is 0 Å². The van der Waals surface area contributed by atoms with Crippen LogP contribution in [0.1, 0.15) is 17.5 Å². The minimum atomic E-state index is -3.58. The molecule has 2 aromatic carbocycles. The second-order valence-corrected chi connectivity index (χ2v) is 8.27. The monoisotopic (exact) mass is 358 g/mol. The van der Waals surface area contributed by atoms with Gasteiger partial charge in [0.2, 0.25) is 15.9 Å². The van der Waals surface area contributed by atoms with Gasteiger partial charge in [-0.25, -0.2) is 13.1 Å². The Bertz CT molecular complexity index is 879. The number of nitrogens with zero attached hydrogens (tertiary/aromatic N) is 1. The number of para-hydroxylation sites is 1. The molecule has 1 amide bonds. The molecule has 1 aliphatic rings. The van der Waals surface area contributed by atoms with Gasteiger partial charge in [-0.05, 0) is 49.1 Å². The van der Waals surface area contributed by atoms with Crippen molar-refractivity contribution in [1.82, 2.24) is 4.72 Å². The summed E-state index contributed by atoms with van der Waals surface area (Å²) in [6.45, 7) is 4.43. The lowest BCUT2D eigenvalue weighted by atomic mass is 10.1. The highest BCUT2D eigenvalue weighted by Gasteiger charge is 2.31. The third kappa shape index (κ3) is 3.91. The molecule has 0 aliphatic carbocycles. The lowest BCUT2D eigenvalue weighted by Crippen LogP contribution is -2.31. The van der Waals surface area contributed by atoms with Crippen molar-refractivity contribution in [3.05, 3.63) is 59.7 Å². The molecule has 1 atom stereocenters. The smallest absolute Gasteiger partial charge is 0.240 e. The molecule has 5 nitrogen and oxygen atoms in total. The molecule has 1 fully saturated rings. The van der Waals surface area contributed by atoms with Crippen molar-refractivity contribution in [3.63, 3.8) is 0 Å². The fourth-order valence-electron chi connectivity index (χ4n) is 3.08. The van der Waals surface area contributed by atoms with Crippen LogP contribution in [0.5, 0.6) is 0 Å². The molecule has 6 heteroatoms. The van der Waals surface area contributed by atoms with Gasteiger partial charge in [-0.2, -0.15) is 0 Å². The van der Waals surface area contributed by atoms with Gasteiger partial charge in [0.05, 0.1) is 4.90 Å². The average molecular weight is 358 g/mol. The second kappa shape index (κ2) is 6.98. The van der Waals surface area contributed by atoms with E-state index in [1.807, 2.05) is 43.3 Å². The number of hydrogen-bond acceptors (Lipinski definition) is 3. The quantitative estimate of drug-likeness (QED) is 0.893. The number of rotatable bonds is 5. The predicted molar refractivity (Wildman–Crippen MR) is 98.0 cm³/mol. The van der Waals surface area contributed by atoms with Crippen molar-refractivity contribution in [3.8, 4) is 0 Å². The van der Waals surface area contributed by atoms with Crippen LogP contribution in [0, 0.1) is 19.8 Å². The van der Waals surface area contributed by atoms with Crippen LogP contribution >= 0.6 is 0 Å². The van der Waals surface area contributed by atoms with Crippen molar-refractivity contribution >= 4 is 21.6 Å². The summed E-state index contributed by atoms with van der Waals surface area (Å²) in [5.74, 6) is -0.00488. The molecule has 25 heavy (non-hydrogen) atoms. The first-order valence-electron chi connectivity index (χ1n) is 8.29. The van der Waals surface area contributed by atoms with E-state index in [1.165, 1.54) is 0 Å². The van der Waals surface area contributed by atoms with Crippen LogP contribution in [0.15, 0.2) is 53.4 Å². The maximum absolute atomic E-state index is 12.6. The van der Waals surface area contributed by atoms with E-state index in [9.17, 15) is 13.2 Å². The maximum Gasteiger partial charge on any atom is 0.240 e. The first kappa shape index (κ1) is 17.6. The highest BCUT2D eigenvalue weighted by Crippen LogP contribution is 2.25. The normalized spacial score (nSPS) is 17.9. The number of benzene rings is 2. The zero-order chi connectivity index (χ0) is 18.0. The Balaban J connectivity index is 1.68. The minimum Gasteiger partial charge on any atom is -0.312 e. The minimum absolute atomic E-state index is 0.0298. The summed E-state index contributed by atoms with van der Waals surface area (Å²) in [4.78, 5) is 14.2. The van der Waals surface area contributed by atoms with Crippen LogP contribution in [-0.4, -0.2) is 27.4 Å². The molecule has 0 spiro atoms. The fraction of sp³-hybridized carbons (Fsp3) is 0.316. The van der Waals surface area contributed by atoms with Gasteiger partial charge in [-0.15, -0.1) is 0 Å². The van der Waals surface area contributed by atoms with Crippen molar-refractivity contribution < 1.29 is 13.2 Å². The lowest BCUT2D eigenvalue weighted by molar-refractivity contribution is -0.117. The topological polar surface area (TPSA) is 66.5 Å². The highest BCUT2D eigenvalue weighted by atomic mass is 32.2. The molecule has 0 unspecified atom stereocenters. The number of hydrogen-bond donors (Lipinski definition) is 1. The Hall–Kier alpha value is -2.18. The number of aryl methyl sites for hydroxylation is 2. The van der Waals surface area contributed by atoms with E-state index in [0.29, 0.717) is 23.4 Å². The molecular formula is C19H22N2O3S. The summed E-state index contributed by atoms with van der Waals surface area (Å²) in [5, 5.41) is 0. The van der Waals surface area contributed by atoms with Gasteiger partial charge in [-0.1, -0.05) is 30.3 Å².